The van der Waals surface area contributed by atoms with Crippen LogP contribution < -0.4 is 4.90 Å². The third-order valence-electron chi connectivity index (χ3n) is 3.58. The Bertz CT molecular complexity index is 465. The Morgan fingerprint density at radius 1 is 1.42 bits per heavy atom. The van der Waals surface area contributed by atoms with Crippen molar-refractivity contribution >= 4 is 11.7 Å². The van der Waals surface area contributed by atoms with Gasteiger partial charge in [0.05, 0.1) is 11.5 Å². The lowest BCUT2D eigenvalue weighted by molar-refractivity contribution is -0.141. The lowest BCUT2D eigenvalue weighted by Gasteiger charge is -2.35. The van der Waals surface area contributed by atoms with Gasteiger partial charge in [-0.05, 0) is 38.3 Å². The van der Waals surface area contributed by atoms with Crippen molar-refractivity contribution in [3.63, 3.8) is 0 Å². The van der Waals surface area contributed by atoms with Crippen molar-refractivity contribution in [1.82, 2.24) is 0 Å². The number of benzene rings is 1. The predicted molar refractivity (Wildman–Crippen MR) is 74.4 cm³/mol. The summed E-state index contributed by atoms with van der Waals surface area (Å²) in [5.41, 5.74) is 1.45. The number of anilines is 1. The summed E-state index contributed by atoms with van der Waals surface area (Å²) in [7, 11) is 0. The van der Waals surface area contributed by atoms with Crippen molar-refractivity contribution in [2.75, 3.05) is 18.0 Å². The van der Waals surface area contributed by atoms with Crippen molar-refractivity contribution in [3.8, 4) is 0 Å². The molecular formula is C15H21NO3. The number of hydrogen-bond donors (Lipinski definition) is 2. The molecule has 0 spiro atoms. The van der Waals surface area contributed by atoms with Gasteiger partial charge in [-0.1, -0.05) is 18.2 Å². The van der Waals surface area contributed by atoms with Gasteiger partial charge in [0.15, 0.2) is 0 Å². The molecule has 0 bridgehead atoms. The van der Waals surface area contributed by atoms with Gasteiger partial charge in [0, 0.05) is 18.8 Å². The van der Waals surface area contributed by atoms with E-state index >= 15 is 0 Å². The average molecular weight is 263 g/mol. The van der Waals surface area contributed by atoms with Crippen molar-refractivity contribution in [2.24, 2.45) is 5.92 Å². The van der Waals surface area contributed by atoms with Crippen LogP contribution in [0.15, 0.2) is 24.3 Å². The zero-order valence-electron chi connectivity index (χ0n) is 11.5. The summed E-state index contributed by atoms with van der Waals surface area (Å²) in [4.78, 5) is 13.3. The molecule has 0 aromatic heterocycles. The van der Waals surface area contributed by atoms with Gasteiger partial charge in [0.25, 0.3) is 0 Å². The molecule has 0 amide bonds. The van der Waals surface area contributed by atoms with Crippen LogP contribution >= 0.6 is 0 Å². The summed E-state index contributed by atoms with van der Waals surface area (Å²) in [6.45, 7) is 4.74. The number of rotatable bonds is 4. The molecule has 1 aromatic rings. The van der Waals surface area contributed by atoms with Crippen LogP contribution in [0.1, 0.15) is 25.8 Å². The molecule has 0 saturated heterocycles. The van der Waals surface area contributed by atoms with Gasteiger partial charge in [0.2, 0.25) is 0 Å². The highest BCUT2D eigenvalue weighted by Gasteiger charge is 2.29. The van der Waals surface area contributed by atoms with E-state index in [1.807, 2.05) is 24.3 Å². The summed E-state index contributed by atoms with van der Waals surface area (Å²) in [5, 5.41) is 19.1. The first-order valence-corrected chi connectivity index (χ1v) is 6.65. The molecular weight excluding hydrogens is 242 g/mol. The quantitative estimate of drug-likeness (QED) is 0.871. The van der Waals surface area contributed by atoms with Crippen molar-refractivity contribution in [2.45, 2.75) is 32.3 Å². The molecule has 1 aliphatic rings. The van der Waals surface area contributed by atoms with Gasteiger partial charge < -0.3 is 15.1 Å². The van der Waals surface area contributed by atoms with Crippen molar-refractivity contribution < 1.29 is 15.0 Å². The molecule has 0 saturated carbocycles. The monoisotopic (exact) mass is 263 g/mol. The minimum atomic E-state index is -0.747. The fourth-order valence-electron chi connectivity index (χ4n) is 2.47. The van der Waals surface area contributed by atoms with Gasteiger partial charge in [-0.2, -0.15) is 0 Å². The van der Waals surface area contributed by atoms with E-state index in [1.165, 1.54) is 0 Å². The molecule has 2 N–H and O–H groups in total. The number of carboxylic acid groups (broad SMARTS) is 1. The summed E-state index contributed by atoms with van der Waals surface area (Å²) in [5.74, 6) is -1.11. The molecule has 19 heavy (non-hydrogen) atoms. The SMILES string of the molecule is CC(C)(O)CCN1CC(C(=O)O)Cc2ccccc21. The van der Waals surface area contributed by atoms with Crippen molar-refractivity contribution in [1.29, 1.82) is 0 Å². The minimum absolute atomic E-state index is 0.364. The van der Waals surface area contributed by atoms with Gasteiger partial charge in [-0.25, -0.2) is 0 Å². The summed E-state index contributed by atoms with van der Waals surface area (Å²) >= 11 is 0. The van der Waals surface area contributed by atoms with E-state index in [4.69, 9.17) is 0 Å². The smallest absolute Gasteiger partial charge is 0.308 e. The van der Waals surface area contributed by atoms with Crippen LogP contribution in [0.25, 0.3) is 0 Å². The molecule has 4 heteroatoms. The summed E-state index contributed by atoms with van der Waals surface area (Å²) in [6.07, 6.45) is 1.21. The van der Waals surface area contributed by atoms with Crippen LogP contribution in [-0.2, 0) is 11.2 Å². The average Bonchev–Trinajstić information content (AvgIpc) is 2.34. The van der Waals surface area contributed by atoms with Gasteiger partial charge in [-0.15, -0.1) is 0 Å². The normalized spacial score (nSPS) is 19.1. The second-order valence-corrected chi connectivity index (χ2v) is 5.88. The molecule has 1 heterocycles. The molecule has 4 nitrogen and oxygen atoms in total. The highest BCUT2D eigenvalue weighted by Crippen LogP contribution is 2.30. The zero-order valence-corrected chi connectivity index (χ0v) is 11.5. The third kappa shape index (κ3) is 3.47. The molecule has 1 aliphatic heterocycles. The second kappa shape index (κ2) is 5.21. The van der Waals surface area contributed by atoms with E-state index in [0.717, 1.165) is 11.3 Å². The summed E-state index contributed by atoms with van der Waals surface area (Å²) in [6, 6.07) is 7.92. The Kier molecular flexibility index (Phi) is 3.80. The summed E-state index contributed by atoms with van der Waals surface area (Å²) < 4.78 is 0. The lowest BCUT2D eigenvalue weighted by Crippen LogP contribution is -2.41. The molecule has 104 valence electrons. The predicted octanol–water partition coefficient (Wildman–Crippen LogP) is 1.91. The largest absolute Gasteiger partial charge is 0.481 e. The Labute approximate surface area is 113 Å². The van der Waals surface area contributed by atoms with Gasteiger partial charge >= 0.3 is 5.97 Å². The molecule has 0 fully saturated rings. The van der Waals surface area contributed by atoms with E-state index < -0.39 is 11.6 Å². The molecule has 0 radical (unpaired) electrons. The number of hydrogen-bond acceptors (Lipinski definition) is 3. The number of nitrogens with zero attached hydrogens (tertiary/aromatic N) is 1. The van der Waals surface area contributed by atoms with Gasteiger partial charge in [-0.3, -0.25) is 4.79 Å². The van der Waals surface area contributed by atoms with Crippen LogP contribution in [-0.4, -0.2) is 34.9 Å². The molecule has 0 aliphatic carbocycles. The lowest BCUT2D eigenvalue weighted by atomic mass is 9.92. The van der Waals surface area contributed by atoms with Crippen molar-refractivity contribution in [3.05, 3.63) is 29.8 Å². The molecule has 2 rings (SSSR count). The third-order valence-corrected chi connectivity index (χ3v) is 3.58. The standard InChI is InChI=1S/C15H21NO3/c1-15(2,19)7-8-16-10-12(14(17)18)9-11-5-3-4-6-13(11)16/h3-6,12,19H,7-10H2,1-2H3,(H,17,18). The number of fused-ring (bicyclic) bond motifs is 1. The van der Waals surface area contributed by atoms with Crippen LogP contribution in [0.2, 0.25) is 0 Å². The maximum absolute atomic E-state index is 11.2. The van der Waals surface area contributed by atoms with Crippen LogP contribution in [0.5, 0.6) is 0 Å². The topological polar surface area (TPSA) is 60.8 Å². The van der Waals surface area contributed by atoms with Gasteiger partial charge in [0.1, 0.15) is 0 Å². The van der Waals surface area contributed by atoms with E-state index in [2.05, 4.69) is 4.90 Å². The molecule has 1 aromatic carbocycles. The fraction of sp³-hybridized carbons (Fsp3) is 0.533. The number of para-hydroxylation sites is 1. The number of aliphatic hydroxyl groups is 1. The van der Waals surface area contributed by atoms with E-state index in [-0.39, 0.29) is 5.92 Å². The van der Waals surface area contributed by atoms with E-state index in [9.17, 15) is 15.0 Å². The first kappa shape index (κ1) is 13.9. The minimum Gasteiger partial charge on any atom is -0.481 e. The van der Waals surface area contributed by atoms with Crippen LogP contribution in [0.4, 0.5) is 5.69 Å². The highest BCUT2D eigenvalue weighted by atomic mass is 16.4. The zero-order chi connectivity index (χ0) is 14.0. The number of carbonyl (C=O) groups is 1. The maximum Gasteiger partial charge on any atom is 0.308 e. The van der Waals surface area contributed by atoms with Crippen LogP contribution in [0, 0.1) is 5.92 Å². The Hall–Kier alpha value is -1.55. The van der Waals surface area contributed by atoms with E-state index in [1.54, 1.807) is 13.8 Å². The first-order chi connectivity index (χ1) is 8.87. The first-order valence-electron chi connectivity index (χ1n) is 6.65. The highest BCUT2D eigenvalue weighted by molar-refractivity contribution is 5.73. The maximum atomic E-state index is 11.2. The Morgan fingerprint density at radius 3 is 2.74 bits per heavy atom. The number of aliphatic carboxylic acids is 1. The van der Waals surface area contributed by atoms with Crippen LogP contribution in [0.3, 0.4) is 0 Å². The molecule has 1 atom stereocenters. The number of carboxylic acids is 1. The Morgan fingerprint density at radius 2 is 2.11 bits per heavy atom. The van der Waals surface area contributed by atoms with E-state index in [0.29, 0.717) is 25.9 Å². The fourth-order valence-corrected chi connectivity index (χ4v) is 2.47. The Balaban J connectivity index is 2.19. The second-order valence-electron chi connectivity index (χ2n) is 5.88. The molecule has 1 unspecified atom stereocenters.